The molecule has 3 aromatic heterocycles. The lowest BCUT2D eigenvalue weighted by Gasteiger charge is -2.21. The number of hydrogen-bond donors (Lipinski definition) is 1. The number of carbonyl (C=O) groups excluding carboxylic acids is 1. The molecule has 5 rings (SSSR count). The average molecular weight is 384 g/mol. The number of aromatic nitrogens is 4. The van der Waals surface area contributed by atoms with Gasteiger partial charge in [0.2, 0.25) is 11.7 Å². The van der Waals surface area contributed by atoms with Crippen molar-refractivity contribution in [1.29, 1.82) is 0 Å². The number of nitrogens with one attached hydrogen (secondary N) is 1. The van der Waals surface area contributed by atoms with Crippen molar-refractivity contribution in [1.82, 2.24) is 20.1 Å². The van der Waals surface area contributed by atoms with Gasteiger partial charge in [0.1, 0.15) is 0 Å². The predicted octanol–water partition coefficient (Wildman–Crippen LogP) is 3.60. The van der Waals surface area contributed by atoms with Crippen molar-refractivity contribution in [3.8, 4) is 22.6 Å². The van der Waals surface area contributed by atoms with Crippen LogP contribution in [0.5, 0.6) is 0 Å². The summed E-state index contributed by atoms with van der Waals surface area (Å²) in [5.41, 5.74) is 3.17. The van der Waals surface area contributed by atoms with Crippen molar-refractivity contribution in [3.63, 3.8) is 0 Å². The standard InChI is InChI=1S/C22H16N4O3/c27-19-8-6-16(14-3-1-2-4-15(14)19)22-25-20(26-29-22)17-5-7-18(24-21(17)28)13-9-11-23-12-10-13/h1-5,7,9-12,16H,6,8H2,(H,24,28). The molecule has 0 radical (unpaired) electrons. The van der Waals surface area contributed by atoms with Gasteiger partial charge in [-0.05, 0) is 36.2 Å². The van der Waals surface area contributed by atoms with Crippen molar-refractivity contribution in [3.05, 3.63) is 88.3 Å². The first-order chi connectivity index (χ1) is 14.2. The van der Waals surface area contributed by atoms with Crippen LogP contribution in [-0.4, -0.2) is 25.9 Å². The van der Waals surface area contributed by atoms with Crippen LogP contribution < -0.4 is 5.56 Å². The van der Waals surface area contributed by atoms with Gasteiger partial charge in [-0.3, -0.25) is 14.6 Å². The molecule has 0 saturated heterocycles. The third-order valence-electron chi connectivity index (χ3n) is 5.18. The molecule has 0 aliphatic heterocycles. The third-order valence-corrected chi connectivity index (χ3v) is 5.18. The highest BCUT2D eigenvalue weighted by atomic mass is 16.5. The Morgan fingerprint density at radius 3 is 2.62 bits per heavy atom. The highest BCUT2D eigenvalue weighted by Crippen LogP contribution is 2.36. The summed E-state index contributed by atoms with van der Waals surface area (Å²) in [6.07, 6.45) is 4.37. The van der Waals surface area contributed by atoms with E-state index in [2.05, 4.69) is 20.1 Å². The van der Waals surface area contributed by atoms with Gasteiger partial charge < -0.3 is 9.51 Å². The van der Waals surface area contributed by atoms with E-state index in [0.717, 1.165) is 11.1 Å². The maximum absolute atomic E-state index is 12.6. The molecule has 0 spiro atoms. The minimum atomic E-state index is -0.300. The quantitative estimate of drug-likeness (QED) is 0.579. The summed E-state index contributed by atoms with van der Waals surface area (Å²) in [6, 6.07) is 14.6. The number of ketones is 1. The lowest BCUT2D eigenvalue weighted by molar-refractivity contribution is 0.0967. The van der Waals surface area contributed by atoms with E-state index >= 15 is 0 Å². The molecule has 1 aromatic carbocycles. The smallest absolute Gasteiger partial charge is 0.259 e. The van der Waals surface area contributed by atoms with Gasteiger partial charge in [0.25, 0.3) is 5.56 Å². The minimum absolute atomic E-state index is 0.125. The fraction of sp³-hybridized carbons (Fsp3) is 0.136. The van der Waals surface area contributed by atoms with Crippen molar-refractivity contribution in [2.45, 2.75) is 18.8 Å². The van der Waals surface area contributed by atoms with Gasteiger partial charge in [0, 0.05) is 35.6 Å². The van der Waals surface area contributed by atoms with E-state index in [1.807, 2.05) is 36.4 Å². The molecular formula is C22H16N4O3. The van der Waals surface area contributed by atoms with Crippen LogP contribution in [0, 0.1) is 0 Å². The Labute approximate surface area is 165 Å². The Bertz CT molecular complexity index is 1260. The normalized spacial score (nSPS) is 15.9. The summed E-state index contributed by atoms with van der Waals surface area (Å²) in [7, 11) is 0. The maximum Gasteiger partial charge on any atom is 0.259 e. The molecule has 0 amide bonds. The number of carbonyl (C=O) groups is 1. The first-order valence-electron chi connectivity index (χ1n) is 9.30. The molecule has 29 heavy (non-hydrogen) atoms. The van der Waals surface area contributed by atoms with E-state index in [0.29, 0.717) is 35.6 Å². The topological polar surface area (TPSA) is 102 Å². The average Bonchev–Trinajstić information content (AvgIpc) is 3.24. The van der Waals surface area contributed by atoms with Crippen LogP contribution in [0.1, 0.15) is 40.6 Å². The highest BCUT2D eigenvalue weighted by Gasteiger charge is 2.30. The molecule has 1 aliphatic rings. The van der Waals surface area contributed by atoms with Crippen LogP contribution in [0.15, 0.2) is 70.2 Å². The molecular weight excluding hydrogens is 368 g/mol. The van der Waals surface area contributed by atoms with Crippen LogP contribution in [-0.2, 0) is 0 Å². The summed E-state index contributed by atoms with van der Waals surface area (Å²) in [5.74, 6) is 0.620. The van der Waals surface area contributed by atoms with Gasteiger partial charge in [-0.1, -0.05) is 29.4 Å². The Balaban J connectivity index is 1.49. The summed E-state index contributed by atoms with van der Waals surface area (Å²) < 4.78 is 5.49. The number of pyridine rings is 2. The van der Waals surface area contributed by atoms with Crippen molar-refractivity contribution in [2.24, 2.45) is 0 Å². The number of fused-ring (bicyclic) bond motifs is 1. The number of rotatable bonds is 3. The van der Waals surface area contributed by atoms with E-state index in [1.54, 1.807) is 24.5 Å². The van der Waals surface area contributed by atoms with Crippen LogP contribution in [0.4, 0.5) is 0 Å². The van der Waals surface area contributed by atoms with Crippen molar-refractivity contribution in [2.75, 3.05) is 0 Å². The molecule has 0 saturated carbocycles. The number of nitrogens with zero attached hydrogens (tertiary/aromatic N) is 3. The molecule has 3 heterocycles. The Morgan fingerprint density at radius 1 is 0.966 bits per heavy atom. The van der Waals surface area contributed by atoms with Crippen molar-refractivity contribution >= 4 is 5.78 Å². The zero-order valence-electron chi connectivity index (χ0n) is 15.3. The zero-order valence-corrected chi connectivity index (χ0v) is 15.3. The largest absolute Gasteiger partial charge is 0.338 e. The predicted molar refractivity (Wildman–Crippen MR) is 105 cm³/mol. The molecule has 0 bridgehead atoms. The Hall–Kier alpha value is -3.87. The van der Waals surface area contributed by atoms with E-state index in [1.165, 1.54) is 0 Å². The molecule has 7 nitrogen and oxygen atoms in total. The number of hydrogen-bond acceptors (Lipinski definition) is 6. The first kappa shape index (κ1) is 17.2. The summed E-state index contributed by atoms with van der Waals surface area (Å²) in [5, 5.41) is 4.02. The summed E-state index contributed by atoms with van der Waals surface area (Å²) in [6.45, 7) is 0. The van der Waals surface area contributed by atoms with Crippen LogP contribution in [0.2, 0.25) is 0 Å². The number of H-pyrrole nitrogens is 1. The summed E-state index contributed by atoms with van der Waals surface area (Å²) >= 11 is 0. The number of aromatic amines is 1. The van der Waals surface area contributed by atoms with Gasteiger partial charge in [-0.2, -0.15) is 4.98 Å². The van der Waals surface area contributed by atoms with Gasteiger partial charge in [-0.15, -0.1) is 0 Å². The third kappa shape index (κ3) is 3.06. The minimum Gasteiger partial charge on any atom is -0.338 e. The molecule has 1 unspecified atom stereocenters. The van der Waals surface area contributed by atoms with Crippen LogP contribution in [0.3, 0.4) is 0 Å². The molecule has 1 atom stereocenters. The number of benzene rings is 1. The molecule has 7 heteroatoms. The summed E-state index contributed by atoms with van der Waals surface area (Å²) in [4.78, 5) is 36.1. The maximum atomic E-state index is 12.6. The van der Waals surface area contributed by atoms with E-state index in [4.69, 9.17) is 4.52 Å². The molecule has 0 fully saturated rings. The van der Waals surface area contributed by atoms with Gasteiger partial charge in [0.05, 0.1) is 11.5 Å². The SMILES string of the molecule is O=C1CCC(c2nc(-c3ccc(-c4ccncc4)[nH]c3=O)no2)c2ccccc21. The zero-order chi connectivity index (χ0) is 19.8. The fourth-order valence-corrected chi connectivity index (χ4v) is 3.71. The second kappa shape index (κ2) is 6.94. The molecule has 4 aromatic rings. The van der Waals surface area contributed by atoms with E-state index in [-0.39, 0.29) is 23.1 Å². The van der Waals surface area contributed by atoms with Crippen LogP contribution in [0.25, 0.3) is 22.6 Å². The first-order valence-corrected chi connectivity index (χ1v) is 9.30. The number of Topliss-reactive ketones (excluding diaryl/α,β-unsaturated/α-hetero) is 1. The highest BCUT2D eigenvalue weighted by molar-refractivity contribution is 5.98. The molecule has 1 N–H and O–H groups in total. The second-order valence-electron chi connectivity index (χ2n) is 6.91. The Morgan fingerprint density at radius 2 is 1.79 bits per heavy atom. The lowest BCUT2D eigenvalue weighted by Crippen LogP contribution is -2.16. The van der Waals surface area contributed by atoms with Crippen LogP contribution >= 0.6 is 0 Å². The monoisotopic (exact) mass is 384 g/mol. The van der Waals surface area contributed by atoms with Crippen molar-refractivity contribution < 1.29 is 9.32 Å². The van der Waals surface area contributed by atoms with Gasteiger partial charge >= 0.3 is 0 Å². The van der Waals surface area contributed by atoms with Gasteiger partial charge in [-0.25, -0.2) is 0 Å². The second-order valence-corrected chi connectivity index (χ2v) is 6.91. The fourth-order valence-electron chi connectivity index (χ4n) is 3.71. The van der Waals surface area contributed by atoms with Gasteiger partial charge in [0.15, 0.2) is 5.78 Å². The Kier molecular flexibility index (Phi) is 4.13. The lowest BCUT2D eigenvalue weighted by atomic mass is 9.82. The van der Waals surface area contributed by atoms with E-state index in [9.17, 15) is 9.59 Å². The molecule has 1 aliphatic carbocycles. The molecule has 142 valence electrons. The van der Waals surface area contributed by atoms with E-state index < -0.39 is 0 Å².